The molecule has 4 aromatic rings. The van der Waals surface area contributed by atoms with Crippen molar-refractivity contribution in [1.82, 2.24) is 29.7 Å². The van der Waals surface area contributed by atoms with Crippen LogP contribution in [-0.4, -0.2) is 50.5 Å². The number of halogens is 1. The Hall–Kier alpha value is -2.80. The van der Waals surface area contributed by atoms with Crippen LogP contribution in [0.15, 0.2) is 24.7 Å². The maximum atomic E-state index is 9.48. The molecule has 1 aliphatic rings. The van der Waals surface area contributed by atoms with Crippen molar-refractivity contribution < 1.29 is 0 Å². The number of rotatable bonds is 2. The van der Waals surface area contributed by atoms with E-state index in [1.807, 2.05) is 29.8 Å². The zero-order chi connectivity index (χ0) is 18.4. The van der Waals surface area contributed by atoms with E-state index in [1.165, 1.54) is 0 Å². The van der Waals surface area contributed by atoms with Crippen molar-refractivity contribution in [2.75, 3.05) is 31.1 Å². The second kappa shape index (κ2) is 7.31. The largest absolute Gasteiger partial charge is 0.345 e. The van der Waals surface area contributed by atoms with E-state index in [4.69, 9.17) is 4.98 Å². The molecule has 0 radical (unpaired) electrons. The number of nitriles is 1. The number of nitrogens with zero attached hydrogens (tertiary/aromatic N) is 7. The Morgan fingerprint density at radius 3 is 2.79 bits per heavy atom. The third kappa shape index (κ3) is 3.16. The van der Waals surface area contributed by atoms with E-state index in [0.29, 0.717) is 16.9 Å². The van der Waals surface area contributed by atoms with E-state index in [9.17, 15) is 5.26 Å². The number of fused-ring (bicyclic) bond motifs is 2. The molecule has 0 amide bonds. The minimum atomic E-state index is 0. The molecule has 1 aliphatic heterocycles. The van der Waals surface area contributed by atoms with Gasteiger partial charge >= 0.3 is 0 Å². The number of nitrogens with one attached hydrogen (secondary N) is 1. The molecule has 5 rings (SSSR count). The van der Waals surface area contributed by atoms with E-state index < -0.39 is 0 Å². The van der Waals surface area contributed by atoms with Crippen LogP contribution in [0.3, 0.4) is 0 Å². The number of aryl methyl sites for hydroxylation is 1. The molecule has 0 bridgehead atoms. The van der Waals surface area contributed by atoms with Crippen LogP contribution < -0.4 is 10.2 Å². The molecule has 0 atom stereocenters. The topological polar surface area (TPSA) is 95.0 Å². The maximum absolute atomic E-state index is 9.48. The lowest BCUT2D eigenvalue weighted by Gasteiger charge is -2.26. The molecule has 10 heteroatoms. The standard InChI is InChI=1S/C18H16N8S.ClH/c1-11-9-26-10-13(6-12(7-19)16(26)22-11)14-8-21-15-17(23-14)27-18(24-15)25-4-2-20-3-5-25;/h6,8-10,20H,2-5H2,1H3;1H. The van der Waals surface area contributed by atoms with Gasteiger partial charge in [-0.05, 0) is 13.0 Å². The number of imidazole rings is 1. The summed E-state index contributed by atoms with van der Waals surface area (Å²) in [5.41, 5.74) is 4.27. The second-order valence-corrected chi connectivity index (χ2v) is 7.44. The summed E-state index contributed by atoms with van der Waals surface area (Å²) in [5.74, 6) is 0. The summed E-state index contributed by atoms with van der Waals surface area (Å²) < 4.78 is 1.87. The fraction of sp³-hybridized carbons (Fsp3) is 0.278. The summed E-state index contributed by atoms with van der Waals surface area (Å²) in [4.78, 5) is 21.4. The smallest absolute Gasteiger partial charge is 0.191 e. The molecule has 8 nitrogen and oxygen atoms in total. The maximum Gasteiger partial charge on any atom is 0.191 e. The van der Waals surface area contributed by atoms with Gasteiger partial charge in [-0.15, -0.1) is 12.4 Å². The Morgan fingerprint density at radius 1 is 1.18 bits per heavy atom. The normalized spacial score (nSPS) is 14.2. The van der Waals surface area contributed by atoms with Crippen LogP contribution in [0, 0.1) is 18.3 Å². The SMILES string of the molecule is Cc1cn2cc(-c3cnc4nc(N5CCNCC5)sc4n3)cc(C#N)c2n1.Cl. The van der Waals surface area contributed by atoms with Crippen LogP contribution in [0.5, 0.6) is 0 Å². The van der Waals surface area contributed by atoms with E-state index in [2.05, 4.69) is 31.2 Å². The van der Waals surface area contributed by atoms with E-state index in [-0.39, 0.29) is 12.4 Å². The number of piperazine rings is 1. The number of pyridine rings is 1. The lowest BCUT2D eigenvalue weighted by Crippen LogP contribution is -2.43. The average Bonchev–Trinajstić information content (AvgIpc) is 3.29. The fourth-order valence-corrected chi connectivity index (χ4v) is 4.23. The molecule has 142 valence electrons. The Balaban J connectivity index is 0.00000192. The van der Waals surface area contributed by atoms with Gasteiger partial charge in [-0.3, -0.25) is 0 Å². The fourth-order valence-electron chi connectivity index (χ4n) is 3.28. The van der Waals surface area contributed by atoms with Gasteiger partial charge in [0, 0.05) is 44.1 Å². The molecule has 4 aromatic heterocycles. The third-order valence-electron chi connectivity index (χ3n) is 4.59. The average molecular weight is 413 g/mol. The van der Waals surface area contributed by atoms with Crippen molar-refractivity contribution in [2.24, 2.45) is 0 Å². The monoisotopic (exact) mass is 412 g/mol. The first kappa shape index (κ1) is 18.6. The van der Waals surface area contributed by atoms with Crippen molar-refractivity contribution in [2.45, 2.75) is 6.92 Å². The zero-order valence-corrected chi connectivity index (χ0v) is 16.7. The van der Waals surface area contributed by atoms with Crippen LogP contribution >= 0.6 is 23.7 Å². The molecule has 0 unspecified atom stereocenters. The van der Waals surface area contributed by atoms with Crippen LogP contribution in [0.25, 0.3) is 27.4 Å². The molecule has 1 saturated heterocycles. The van der Waals surface area contributed by atoms with Crippen LogP contribution in [-0.2, 0) is 0 Å². The summed E-state index contributed by atoms with van der Waals surface area (Å²) in [7, 11) is 0. The van der Waals surface area contributed by atoms with Gasteiger partial charge in [0.2, 0.25) is 0 Å². The van der Waals surface area contributed by atoms with Gasteiger partial charge in [0.05, 0.1) is 23.1 Å². The first-order valence-corrected chi connectivity index (χ1v) is 9.52. The van der Waals surface area contributed by atoms with Gasteiger partial charge in [0.1, 0.15) is 6.07 Å². The molecule has 5 heterocycles. The van der Waals surface area contributed by atoms with Gasteiger partial charge in [0.25, 0.3) is 0 Å². The van der Waals surface area contributed by atoms with Crippen molar-refractivity contribution in [3.8, 4) is 17.3 Å². The highest BCUT2D eigenvalue weighted by atomic mass is 35.5. The Bertz CT molecular complexity index is 1200. The summed E-state index contributed by atoms with van der Waals surface area (Å²) in [6, 6.07) is 4.04. The predicted molar refractivity (Wildman–Crippen MR) is 111 cm³/mol. The van der Waals surface area contributed by atoms with Crippen molar-refractivity contribution in [1.29, 1.82) is 5.26 Å². The lowest BCUT2D eigenvalue weighted by atomic mass is 10.1. The Kier molecular flexibility index (Phi) is 4.85. The highest BCUT2D eigenvalue weighted by Crippen LogP contribution is 2.29. The van der Waals surface area contributed by atoms with Crippen LogP contribution in [0.1, 0.15) is 11.3 Å². The first-order chi connectivity index (χ1) is 13.2. The minimum absolute atomic E-state index is 0. The number of anilines is 1. The van der Waals surface area contributed by atoms with E-state index >= 15 is 0 Å². The van der Waals surface area contributed by atoms with Gasteiger partial charge in [-0.1, -0.05) is 11.3 Å². The van der Waals surface area contributed by atoms with Gasteiger partial charge in [-0.2, -0.15) is 10.2 Å². The Morgan fingerprint density at radius 2 is 2.00 bits per heavy atom. The van der Waals surface area contributed by atoms with Gasteiger partial charge in [-0.25, -0.2) is 15.0 Å². The Labute approximate surface area is 171 Å². The molecule has 1 N–H and O–H groups in total. The van der Waals surface area contributed by atoms with E-state index in [0.717, 1.165) is 53.1 Å². The minimum Gasteiger partial charge on any atom is -0.345 e. The highest BCUT2D eigenvalue weighted by molar-refractivity contribution is 7.21. The second-order valence-electron chi connectivity index (χ2n) is 6.48. The molecule has 0 aliphatic carbocycles. The lowest BCUT2D eigenvalue weighted by molar-refractivity contribution is 0.588. The predicted octanol–water partition coefficient (Wildman–Crippen LogP) is 2.41. The molecule has 1 fully saturated rings. The van der Waals surface area contributed by atoms with Crippen LogP contribution in [0.4, 0.5) is 5.13 Å². The molecular weight excluding hydrogens is 396 g/mol. The number of hydrogen-bond donors (Lipinski definition) is 1. The summed E-state index contributed by atoms with van der Waals surface area (Å²) in [5, 5.41) is 13.8. The third-order valence-corrected chi connectivity index (χ3v) is 5.59. The van der Waals surface area contributed by atoms with E-state index in [1.54, 1.807) is 17.5 Å². The van der Waals surface area contributed by atoms with Crippen LogP contribution in [0.2, 0.25) is 0 Å². The van der Waals surface area contributed by atoms with Gasteiger partial charge < -0.3 is 14.6 Å². The summed E-state index contributed by atoms with van der Waals surface area (Å²) in [6.45, 7) is 5.71. The van der Waals surface area contributed by atoms with Crippen molar-refractivity contribution in [3.63, 3.8) is 0 Å². The molecule has 0 saturated carbocycles. The number of hydrogen-bond acceptors (Lipinski definition) is 8. The summed E-state index contributed by atoms with van der Waals surface area (Å²) >= 11 is 1.56. The molecule has 0 spiro atoms. The van der Waals surface area contributed by atoms with Crippen molar-refractivity contribution >= 4 is 45.0 Å². The number of thiazole rings is 1. The van der Waals surface area contributed by atoms with Crippen molar-refractivity contribution in [3.05, 3.63) is 35.9 Å². The zero-order valence-electron chi connectivity index (χ0n) is 15.1. The van der Waals surface area contributed by atoms with Gasteiger partial charge in [0.15, 0.2) is 21.3 Å². The number of aromatic nitrogens is 5. The first-order valence-electron chi connectivity index (χ1n) is 8.70. The molecule has 28 heavy (non-hydrogen) atoms. The highest BCUT2D eigenvalue weighted by Gasteiger charge is 2.17. The molecule has 0 aromatic carbocycles. The summed E-state index contributed by atoms with van der Waals surface area (Å²) in [6.07, 6.45) is 5.56. The molecular formula is C18H17ClN8S. The quantitative estimate of drug-likeness (QED) is 0.540.